The number of methoxy groups -OCH3 is 1. The van der Waals surface area contributed by atoms with Crippen LogP contribution in [0.25, 0.3) is 0 Å². The fourth-order valence-corrected chi connectivity index (χ4v) is 2.38. The van der Waals surface area contributed by atoms with Crippen LogP contribution < -0.4 is 15.0 Å². The molecular formula is C14H21FN2O. The Morgan fingerprint density at radius 3 is 2.83 bits per heavy atom. The number of anilines is 1. The minimum atomic E-state index is -0.301. The van der Waals surface area contributed by atoms with Gasteiger partial charge in [-0.3, -0.25) is 0 Å². The second kappa shape index (κ2) is 5.14. The topological polar surface area (TPSA) is 24.5 Å². The Morgan fingerprint density at radius 1 is 1.39 bits per heavy atom. The Bertz CT molecular complexity index is 420. The Morgan fingerprint density at radius 2 is 2.17 bits per heavy atom. The lowest BCUT2D eigenvalue weighted by Gasteiger charge is -2.31. The number of nitrogens with one attached hydrogen (secondary N) is 1. The van der Waals surface area contributed by atoms with Crippen molar-refractivity contribution < 1.29 is 9.13 Å². The van der Waals surface area contributed by atoms with Crippen LogP contribution in [0.5, 0.6) is 5.75 Å². The molecule has 0 aromatic heterocycles. The molecule has 1 N–H and O–H groups in total. The minimum Gasteiger partial charge on any atom is -0.494 e. The van der Waals surface area contributed by atoms with Crippen LogP contribution in [-0.2, 0) is 0 Å². The Hall–Kier alpha value is -1.29. The maximum absolute atomic E-state index is 13.7. The zero-order valence-corrected chi connectivity index (χ0v) is 11.3. The van der Waals surface area contributed by atoms with E-state index < -0.39 is 0 Å². The van der Waals surface area contributed by atoms with Crippen molar-refractivity contribution >= 4 is 5.69 Å². The van der Waals surface area contributed by atoms with Gasteiger partial charge in [0.25, 0.3) is 0 Å². The summed E-state index contributed by atoms with van der Waals surface area (Å²) in [5.41, 5.74) is 0.970. The molecule has 1 heterocycles. The molecule has 2 rings (SSSR count). The van der Waals surface area contributed by atoms with E-state index in [0.717, 1.165) is 31.7 Å². The van der Waals surface area contributed by atoms with Crippen molar-refractivity contribution in [3.05, 3.63) is 24.0 Å². The molecule has 0 radical (unpaired) electrons. The number of halogens is 1. The van der Waals surface area contributed by atoms with Gasteiger partial charge in [0.2, 0.25) is 0 Å². The van der Waals surface area contributed by atoms with Gasteiger partial charge in [-0.2, -0.15) is 0 Å². The summed E-state index contributed by atoms with van der Waals surface area (Å²) in [7, 11) is 1.48. The minimum absolute atomic E-state index is 0.0485. The third kappa shape index (κ3) is 2.93. The van der Waals surface area contributed by atoms with Crippen LogP contribution in [0.3, 0.4) is 0 Å². The highest BCUT2D eigenvalue weighted by molar-refractivity contribution is 5.50. The van der Waals surface area contributed by atoms with Gasteiger partial charge < -0.3 is 15.0 Å². The third-order valence-electron chi connectivity index (χ3n) is 3.30. The van der Waals surface area contributed by atoms with E-state index in [2.05, 4.69) is 24.1 Å². The fraction of sp³-hybridized carbons (Fsp3) is 0.571. The first-order chi connectivity index (χ1) is 8.52. The van der Waals surface area contributed by atoms with E-state index in [9.17, 15) is 4.39 Å². The molecule has 100 valence electrons. The monoisotopic (exact) mass is 252 g/mol. The smallest absolute Gasteiger partial charge is 0.167 e. The number of ether oxygens (including phenoxy) is 1. The Kier molecular flexibility index (Phi) is 3.76. The molecule has 1 aliphatic rings. The summed E-state index contributed by atoms with van der Waals surface area (Å²) in [5, 5.41) is 3.50. The molecule has 3 nitrogen and oxygen atoms in total. The average molecular weight is 252 g/mol. The average Bonchev–Trinajstić information content (AvgIpc) is 2.50. The molecule has 18 heavy (non-hydrogen) atoms. The SMILES string of the molecule is COc1ccc(N2CCCNC(C)(C)C2)cc1F. The van der Waals surface area contributed by atoms with Gasteiger partial charge in [0, 0.05) is 30.4 Å². The number of nitrogens with zero attached hydrogens (tertiary/aromatic N) is 1. The first-order valence-electron chi connectivity index (χ1n) is 6.35. The van der Waals surface area contributed by atoms with Crippen molar-refractivity contribution in [1.29, 1.82) is 0 Å². The Labute approximate surface area is 108 Å². The quantitative estimate of drug-likeness (QED) is 0.875. The molecule has 0 atom stereocenters. The predicted molar refractivity (Wildman–Crippen MR) is 71.9 cm³/mol. The van der Waals surface area contributed by atoms with Gasteiger partial charge in [-0.25, -0.2) is 4.39 Å². The van der Waals surface area contributed by atoms with Crippen molar-refractivity contribution in [2.45, 2.75) is 25.8 Å². The first-order valence-corrected chi connectivity index (χ1v) is 6.35. The van der Waals surface area contributed by atoms with Crippen LogP contribution in [0.4, 0.5) is 10.1 Å². The predicted octanol–water partition coefficient (Wildman–Crippen LogP) is 2.41. The van der Waals surface area contributed by atoms with E-state index in [-0.39, 0.29) is 11.4 Å². The normalized spacial score (nSPS) is 19.4. The van der Waals surface area contributed by atoms with Crippen molar-refractivity contribution in [2.75, 3.05) is 31.6 Å². The molecule has 4 heteroatoms. The van der Waals surface area contributed by atoms with E-state index >= 15 is 0 Å². The maximum Gasteiger partial charge on any atom is 0.167 e. The summed E-state index contributed by atoms with van der Waals surface area (Å²) in [6, 6.07) is 5.17. The molecule has 1 saturated heterocycles. The maximum atomic E-state index is 13.7. The molecule has 0 unspecified atom stereocenters. The van der Waals surface area contributed by atoms with E-state index in [1.807, 2.05) is 6.07 Å². The summed E-state index contributed by atoms with van der Waals surface area (Å²) >= 11 is 0. The molecule has 1 aromatic carbocycles. The lowest BCUT2D eigenvalue weighted by Crippen LogP contribution is -2.46. The standard InChI is InChI=1S/C14H21FN2O/c1-14(2)10-17(8-4-7-16-14)11-5-6-13(18-3)12(15)9-11/h5-6,9,16H,4,7-8,10H2,1-3H3. The summed E-state index contributed by atoms with van der Waals surface area (Å²) in [5.74, 6) is -0.00373. The van der Waals surface area contributed by atoms with Crippen LogP contribution in [0.2, 0.25) is 0 Å². The zero-order chi connectivity index (χ0) is 13.2. The number of hydrogen-bond acceptors (Lipinski definition) is 3. The van der Waals surface area contributed by atoms with E-state index in [4.69, 9.17) is 4.74 Å². The van der Waals surface area contributed by atoms with E-state index in [0.29, 0.717) is 5.75 Å². The molecular weight excluding hydrogens is 231 g/mol. The van der Waals surface area contributed by atoms with Crippen LogP contribution in [-0.4, -0.2) is 32.3 Å². The van der Waals surface area contributed by atoms with Crippen molar-refractivity contribution in [1.82, 2.24) is 5.32 Å². The summed E-state index contributed by atoms with van der Waals surface area (Å²) in [6.07, 6.45) is 1.07. The van der Waals surface area contributed by atoms with E-state index in [1.165, 1.54) is 7.11 Å². The molecule has 0 aliphatic carbocycles. The lowest BCUT2D eigenvalue weighted by molar-refractivity contribution is 0.386. The summed E-state index contributed by atoms with van der Waals surface area (Å²) in [4.78, 5) is 2.22. The molecule has 0 bridgehead atoms. The highest BCUT2D eigenvalue weighted by Gasteiger charge is 2.24. The van der Waals surface area contributed by atoms with Gasteiger partial charge in [-0.15, -0.1) is 0 Å². The Balaban J connectivity index is 2.22. The van der Waals surface area contributed by atoms with Crippen molar-refractivity contribution in [3.63, 3.8) is 0 Å². The third-order valence-corrected chi connectivity index (χ3v) is 3.30. The molecule has 1 fully saturated rings. The van der Waals surface area contributed by atoms with Crippen molar-refractivity contribution in [3.8, 4) is 5.75 Å². The zero-order valence-electron chi connectivity index (χ0n) is 11.3. The summed E-state index contributed by atoms with van der Waals surface area (Å²) < 4.78 is 18.7. The van der Waals surface area contributed by atoms with Crippen LogP contribution in [0.1, 0.15) is 20.3 Å². The molecule has 0 saturated carbocycles. The van der Waals surface area contributed by atoms with Gasteiger partial charge in [0.1, 0.15) is 0 Å². The van der Waals surface area contributed by atoms with Gasteiger partial charge in [0.05, 0.1) is 7.11 Å². The second-order valence-electron chi connectivity index (χ2n) is 5.40. The molecule has 0 spiro atoms. The number of rotatable bonds is 2. The summed E-state index contributed by atoms with van der Waals surface area (Å²) in [6.45, 7) is 7.17. The largest absolute Gasteiger partial charge is 0.494 e. The second-order valence-corrected chi connectivity index (χ2v) is 5.40. The van der Waals surface area contributed by atoms with Crippen LogP contribution >= 0.6 is 0 Å². The van der Waals surface area contributed by atoms with Gasteiger partial charge in [0.15, 0.2) is 11.6 Å². The molecule has 0 amide bonds. The highest BCUT2D eigenvalue weighted by atomic mass is 19.1. The van der Waals surface area contributed by atoms with Gasteiger partial charge in [-0.05, 0) is 38.9 Å². The van der Waals surface area contributed by atoms with Crippen LogP contribution in [0, 0.1) is 5.82 Å². The molecule has 1 aromatic rings. The van der Waals surface area contributed by atoms with E-state index in [1.54, 1.807) is 12.1 Å². The highest BCUT2D eigenvalue weighted by Crippen LogP contribution is 2.25. The lowest BCUT2D eigenvalue weighted by atomic mass is 10.1. The van der Waals surface area contributed by atoms with Gasteiger partial charge >= 0.3 is 0 Å². The van der Waals surface area contributed by atoms with Gasteiger partial charge in [-0.1, -0.05) is 0 Å². The van der Waals surface area contributed by atoms with Crippen molar-refractivity contribution in [2.24, 2.45) is 0 Å². The number of hydrogen-bond donors (Lipinski definition) is 1. The molecule has 1 aliphatic heterocycles. The first kappa shape index (κ1) is 13.1. The van der Waals surface area contributed by atoms with Crippen LogP contribution in [0.15, 0.2) is 18.2 Å². The fourth-order valence-electron chi connectivity index (χ4n) is 2.38. The number of benzene rings is 1.